The zero-order valence-corrected chi connectivity index (χ0v) is 31.0. The second-order valence-electron chi connectivity index (χ2n) is 14.5. The van der Waals surface area contributed by atoms with Crippen molar-refractivity contribution in [2.75, 3.05) is 44.6 Å². The van der Waals surface area contributed by atoms with E-state index >= 15 is 0 Å². The van der Waals surface area contributed by atoms with Crippen LogP contribution < -0.4 is 19.1 Å². The van der Waals surface area contributed by atoms with Crippen LogP contribution in [0.1, 0.15) is 71.0 Å². The van der Waals surface area contributed by atoms with Crippen molar-refractivity contribution in [2.45, 2.75) is 57.0 Å². The molecule has 2 bridgehead atoms. The number of carbonyl (C=O) groups excluding carboxylic acids is 2. The van der Waals surface area contributed by atoms with Crippen LogP contribution in [-0.4, -0.2) is 76.6 Å². The molecular formula is C37H45ClN6O6S. The van der Waals surface area contributed by atoms with Crippen molar-refractivity contribution in [2.24, 2.45) is 29.2 Å². The van der Waals surface area contributed by atoms with Gasteiger partial charge < -0.3 is 19.1 Å². The second-order valence-corrected chi connectivity index (χ2v) is 16.9. The number of hydrogen-bond donors (Lipinski definition) is 1. The summed E-state index contributed by atoms with van der Waals surface area (Å²) in [5, 5.41) is 4.86. The molecule has 1 fully saturated rings. The SMILES string of the molecule is COc1nn(C)cc1C(=O)NS1(=O)=NC(=O)c2ccc3c(n2)N(C[C@@H]2CC[C@H]2[C@@H](OC)/C=C\C[C@H](C)C1)C[C@@]1(CCCc2cc(Cl)ccc21)CO3. The summed E-state index contributed by atoms with van der Waals surface area (Å²) in [5.41, 5.74) is 2.27. The standard InChI is InChI=1S/C37H45ClN6O6S/c1-23-7-5-9-31(48-3)27-12-10-25(27)18-44-21-37(16-6-8-24-17-26(38)11-13-29(24)37)22-50-32-15-14-30(39-33(32)44)35(46)42-51(47,20-23)41-34(45)28-19-43(2)40-36(28)49-4/h5,9,11,13-15,17,19,23,25,27,31H,6-8,10,12,16,18,20-22H2,1-4H3,(H,41,42,45,46,47)/b9-5-/t23-,25-,27+,31-,37-,51?/m0/s1. The summed E-state index contributed by atoms with van der Waals surface area (Å²) in [7, 11) is 1.15. The summed E-state index contributed by atoms with van der Waals surface area (Å²) >= 11 is 6.44. The highest BCUT2D eigenvalue weighted by atomic mass is 35.5. The van der Waals surface area contributed by atoms with Gasteiger partial charge in [0.1, 0.15) is 21.2 Å². The van der Waals surface area contributed by atoms with Gasteiger partial charge >= 0.3 is 5.91 Å². The van der Waals surface area contributed by atoms with Gasteiger partial charge in [-0.1, -0.05) is 36.7 Å². The van der Waals surface area contributed by atoms with Gasteiger partial charge in [0, 0.05) is 43.9 Å². The number of ether oxygens (including phenoxy) is 3. The highest BCUT2D eigenvalue weighted by molar-refractivity contribution is 7.92. The minimum Gasteiger partial charge on any atom is -0.489 e. The number of methoxy groups -OCH3 is 2. The molecule has 1 aromatic carbocycles. The Kier molecular flexibility index (Phi) is 9.90. The Morgan fingerprint density at radius 2 is 2.04 bits per heavy atom. The predicted octanol–water partition coefficient (Wildman–Crippen LogP) is 5.54. The lowest BCUT2D eigenvalue weighted by atomic mass is 9.68. The van der Waals surface area contributed by atoms with Crippen molar-refractivity contribution in [3.63, 3.8) is 0 Å². The smallest absolute Gasteiger partial charge is 0.305 e. The van der Waals surface area contributed by atoms with Gasteiger partial charge in [-0.2, -0.15) is 0 Å². The number of anilines is 1. The van der Waals surface area contributed by atoms with E-state index in [1.165, 1.54) is 29.1 Å². The molecule has 4 aliphatic rings. The van der Waals surface area contributed by atoms with Crippen LogP contribution in [0.4, 0.5) is 5.82 Å². The maximum atomic E-state index is 14.5. The Morgan fingerprint density at radius 3 is 2.80 bits per heavy atom. The van der Waals surface area contributed by atoms with Crippen LogP contribution in [0, 0.1) is 17.8 Å². The van der Waals surface area contributed by atoms with Crippen molar-refractivity contribution < 1.29 is 28.0 Å². The minimum absolute atomic E-state index is 0.0228. The molecule has 2 aromatic heterocycles. The first-order valence-corrected chi connectivity index (χ1v) is 19.6. The first kappa shape index (κ1) is 35.5. The van der Waals surface area contributed by atoms with E-state index in [4.69, 9.17) is 30.8 Å². The van der Waals surface area contributed by atoms with Gasteiger partial charge in [0.2, 0.25) is 5.88 Å². The Morgan fingerprint density at radius 1 is 1.20 bits per heavy atom. The molecule has 1 spiro atoms. The van der Waals surface area contributed by atoms with Gasteiger partial charge in [-0.05, 0) is 91.7 Å². The van der Waals surface area contributed by atoms with E-state index in [0.29, 0.717) is 49.5 Å². The number of nitrogens with zero attached hydrogens (tertiary/aromatic N) is 5. The van der Waals surface area contributed by atoms with Crippen molar-refractivity contribution in [1.29, 1.82) is 0 Å². The number of nitrogens with one attached hydrogen (secondary N) is 1. The third-order valence-corrected chi connectivity index (χ3v) is 13.0. The quantitative estimate of drug-likeness (QED) is 0.343. The topological polar surface area (TPSA) is 137 Å². The summed E-state index contributed by atoms with van der Waals surface area (Å²) in [5.74, 6) is 0.0963. The zero-order valence-electron chi connectivity index (χ0n) is 29.5. The lowest BCUT2D eigenvalue weighted by Crippen LogP contribution is -2.49. The molecule has 1 saturated carbocycles. The van der Waals surface area contributed by atoms with E-state index in [1.807, 2.05) is 13.0 Å². The lowest BCUT2D eigenvalue weighted by Gasteiger charge is -2.45. The van der Waals surface area contributed by atoms with E-state index in [0.717, 1.165) is 37.1 Å². The molecule has 6 atom stereocenters. The van der Waals surface area contributed by atoms with Gasteiger partial charge in [0.25, 0.3) is 5.91 Å². The molecular weight excluding hydrogens is 692 g/mol. The number of carbonyl (C=O) groups is 2. The van der Waals surface area contributed by atoms with Crippen molar-refractivity contribution in [1.82, 2.24) is 19.5 Å². The largest absolute Gasteiger partial charge is 0.489 e. The minimum atomic E-state index is -3.63. The van der Waals surface area contributed by atoms with Gasteiger partial charge in [-0.25, -0.2) is 9.19 Å². The highest BCUT2D eigenvalue weighted by Crippen LogP contribution is 2.46. The zero-order chi connectivity index (χ0) is 35.9. The molecule has 0 saturated heterocycles. The number of rotatable bonds is 4. The normalized spacial score (nSPS) is 29.7. The Bertz CT molecular complexity index is 1990. The average Bonchev–Trinajstić information content (AvgIpc) is 3.40. The van der Waals surface area contributed by atoms with Crippen molar-refractivity contribution in [3.8, 4) is 11.6 Å². The third-order valence-electron chi connectivity index (χ3n) is 10.8. The molecule has 51 heavy (non-hydrogen) atoms. The number of pyridine rings is 1. The lowest BCUT2D eigenvalue weighted by molar-refractivity contribution is 0.0131. The number of hydrogen-bond acceptors (Lipinski definition) is 9. The van der Waals surface area contributed by atoms with Crippen LogP contribution in [0.3, 0.4) is 0 Å². The second kappa shape index (κ2) is 14.2. The fourth-order valence-electron chi connectivity index (χ4n) is 8.19. The van der Waals surface area contributed by atoms with Crippen molar-refractivity contribution >= 4 is 39.1 Å². The van der Waals surface area contributed by atoms with Crippen LogP contribution in [0.2, 0.25) is 5.02 Å². The van der Waals surface area contributed by atoms with E-state index in [9.17, 15) is 13.8 Å². The molecule has 14 heteroatoms. The molecule has 3 aromatic rings. The van der Waals surface area contributed by atoms with Gasteiger partial charge in [0.05, 0.1) is 25.6 Å². The molecule has 2 aliphatic heterocycles. The highest BCUT2D eigenvalue weighted by Gasteiger charge is 2.45. The molecule has 12 nitrogen and oxygen atoms in total. The molecule has 272 valence electrons. The number of amides is 2. The van der Waals surface area contributed by atoms with Crippen LogP contribution in [0.25, 0.3) is 0 Å². The molecule has 2 aliphatic carbocycles. The Hall–Kier alpha value is -3.94. The van der Waals surface area contributed by atoms with E-state index in [-0.39, 0.29) is 40.3 Å². The molecule has 4 heterocycles. The van der Waals surface area contributed by atoms with Crippen LogP contribution in [-0.2, 0) is 33.5 Å². The summed E-state index contributed by atoms with van der Waals surface area (Å²) < 4.78 is 40.6. The van der Waals surface area contributed by atoms with Gasteiger partial charge in [-0.3, -0.25) is 19.0 Å². The fourth-order valence-corrected chi connectivity index (χ4v) is 10.3. The average molecular weight is 737 g/mol. The van der Waals surface area contributed by atoms with Crippen LogP contribution >= 0.6 is 11.6 Å². The number of aromatic nitrogens is 3. The van der Waals surface area contributed by atoms with Crippen LogP contribution in [0.5, 0.6) is 11.6 Å². The summed E-state index contributed by atoms with van der Waals surface area (Å²) in [6.07, 6.45) is 11.1. The molecule has 7 rings (SSSR count). The fraction of sp³-hybridized carbons (Fsp3) is 0.514. The molecule has 1 unspecified atom stereocenters. The Labute approximate surface area is 304 Å². The monoisotopic (exact) mass is 736 g/mol. The van der Waals surface area contributed by atoms with Gasteiger partial charge in [-0.15, -0.1) is 9.46 Å². The third kappa shape index (κ3) is 7.12. The first-order chi connectivity index (χ1) is 24.5. The van der Waals surface area contributed by atoms with Crippen LogP contribution in [0.15, 0.2) is 53.0 Å². The summed E-state index contributed by atoms with van der Waals surface area (Å²) in [6, 6.07) is 9.48. The summed E-state index contributed by atoms with van der Waals surface area (Å²) in [4.78, 5) is 34.6. The predicted molar refractivity (Wildman–Crippen MR) is 195 cm³/mol. The van der Waals surface area contributed by atoms with Gasteiger partial charge in [0.15, 0.2) is 11.6 Å². The number of fused-ring (bicyclic) bond motifs is 4. The number of halogens is 1. The molecule has 1 N–H and O–H groups in total. The maximum absolute atomic E-state index is 14.5. The van der Waals surface area contributed by atoms with E-state index in [1.54, 1.807) is 26.3 Å². The Balaban J connectivity index is 1.31. The number of benzene rings is 1. The number of aryl methyl sites for hydroxylation is 2. The van der Waals surface area contributed by atoms with Crippen molar-refractivity contribution in [3.05, 3.63) is 76.1 Å². The van der Waals surface area contributed by atoms with E-state index in [2.05, 4.69) is 43.4 Å². The number of allylic oxidation sites excluding steroid dienone is 1. The maximum Gasteiger partial charge on any atom is 0.305 e. The summed E-state index contributed by atoms with van der Waals surface area (Å²) in [6.45, 7) is 3.72. The molecule has 2 amide bonds. The first-order valence-electron chi connectivity index (χ1n) is 17.6. The molecule has 0 radical (unpaired) electrons. The van der Waals surface area contributed by atoms with E-state index < -0.39 is 21.7 Å².